The third-order valence-corrected chi connectivity index (χ3v) is 4.75. The Morgan fingerprint density at radius 3 is 2.40 bits per heavy atom. The van der Waals surface area contributed by atoms with Crippen LogP contribution in [0.3, 0.4) is 0 Å². The van der Waals surface area contributed by atoms with Gasteiger partial charge in [0.15, 0.2) is 0 Å². The summed E-state index contributed by atoms with van der Waals surface area (Å²) in [6.07, 6.45) is -0.873. The number of nitrogens with two attached hydrogens (primary N) is 1. The lowest BCUT2D eigenvalue weighted by atomic mass is 10.2. The number of carbonyl (C=O) groups excluding carboxylic acids is 1. The molecule has 20 heavy (non-hydrogen) atoms. The summed E-state index contributed by atoms with van der Waals surface area (Å²) < 4.78 is 12.3. The molecule has 0 aliphatic rings. The lowest BCUT2D eigenvalue weighted by Crippen LogP contribution is -2.34. The van der Waals surface area contributed by atoms with E-state index in [1.807, 2.05) is 0 Å². The molecule has 0 aromatic heterocycles. The Hall–Kier alpha value is -1.69. The van der Waals surface area contributed by atoms with E-state index in [1.54, 1.807) is 30.3 Å². The van der Waals surface area contributed by atoms with Crippen LogP contribution in [0.25, 0.3) is 0 Å². The molecule has 5 N–H and O–H groups in total. The van der Waals surface area contributed by atoms with Gasteiger partial charge in [0.1, 0.15) is 5.78 Å². The number of amides is 1. The van der Waals surface area contributed by atoms with Gasteiger partial charge < -0.3 is 21.1 Å². The van der Waals surface area contributed by atoms with Gasteiger partial charge in [-0.2, -0.15) is 0 Å². The summed E-state index contributed by atoms with van der Waals surface area (Å²) in [6.45, 7) is -0.317. The van der Waals surface area contributed by atoms with Crippen molar-refractivity contribution in [2.75, 3.05) is 12.7 Å². The lowest BCUT2D eigenvalue weighted by Gasteiger charge is -2.24. The SMILES string of the molecule is NCC(=O)NC(c1ccccc1)P(=O)(O)CCC(=O)O. The standard InChI is InChI=1S/C12H17N2O5P/c13-8-10(15)14-12(9-4-2-1-3-5-9)20(18,19)7-6-11(16)17/h1-5,12H,6-8,13H2,(H,14,15)(H,16,17)(H,18,19). The Morgan fingerprint density at radius 1 is 1.30 bits per heavy atom. The van der Waals surface area contributed by atoms with Crippen molar-refractivity contribution in [2.24, 2.45) is 5.73 Å². The normalized spacial score (nSPS) is 15.1. The zero-order valence-electron chi connectivity index (χ0n) is 10.7. The topological polar surface area (TPSA) is 130 Å². The van der Waals surface area contributed by atoms with Crippen LogP contribution in [0.5, 0.6) is 0 Å². The van der Waals surface area contributed by atoms with Crippen molar-refractivity contribution in [3.8, 4) is 0 Å². The van der Waals surface area contributed by atoms with Crippen molar-refractivity contribution < 1.29 is 24.2 Å². The summed E-state index contributed by atoms with van der Waals surface area (Å²) in [4.78, 5) is 32.0. The van der Waals surface area contributed by atoms with Gasteiger partial charge in [0.25, 0.3) is 0 Å². The minimum absolute atomic E-state index is 0.317. The molecule has 1 rings (SSSR count). The third kappa shape index (κ3) is 4.77. The molecule has 110 valence electrons. The van der Waals surface area contributed by atoms with E-state index in [0.717, 1.165) is 0 Å². The molecular formula is C12H17N2O5P. The number of carboxylic acid groups (broad SMARTS) is 1. The maximum Gasteiger partial charge on any atom is 0.303 e. The van der Waals surface area contributed by atoms with Crippen molar-refractivity contribution in [1.82, 2.24) is 5.32 Å². The molecule has 0 bridgehead atoms. The van der Waals surface area contributed by atoms with Gasteiger partial charge in [-0.1, -0.05) is 30.3 Å². The van der Waals surface area contributed by atoms with Crippen LogP contribution < -0.4 is 11.1 Å². The second-order valence-electron chi connectivity index (χ2n) is 4.21. The zero-order valence-corrected chi connectivity index (χ0v) is 11.6. The van der Waals surface area contributed by atoms with E-state index in [4.69, 9.17) is 10.8 Å². The maximum atomic E-state index is 12.3. The molecule has 2 atom stereocenters. The molecule has 0 saturated heterocycles. The Bertz CT molecular complexity index is 520. The molecule has 0 radical (unpaired) electrons. The molecule has 0 heterocycles. The summed E-state index contributed by atoms with van der Waals surface area (Å²) >= 11 is 0. The van der Waals surface area contributed by atoms with Gasteiger partial charge in [-0.25, -0.2) is 0 Å². The van der Waals surface area contributed by atoms with Crippen LogP contribution >= 0.6 is 7.37 Å². The van der Waals surface area contributed by atoms with Gasteiger partial charge in [-0.15, -0.1) is 0 Å². The summed E-state index contributed by atoms with van der Waals surface area (Å²) in [5.74, 6) is -2.90. The number of carbonyl (C=O) groups is 2. The highest BCUT2D eigenvalue weighted by Crippen LogP contribution is 2.54. The van der Waals surface area contributed by atoms with Crippen LogP contribution in [0, 0.1) is 0 Å². The highest BCUT2D eigenvalue weighted by molar-refractivity contribution is 7.58. The monoisotopic (exact) mass is 300 g/mol. The van der Waals surface area contributed by atoms with Crippen LogP contribution in [0.2, 0.25) is 0 Å². The van der Waals surface area contributed by atoms with Crippen molar-refractivity contribution in [2.45, 2.75) is 12.2 Å². The first-order valence-corrected chi connectivity index (χ1v) is 7.86. The van der Waals surface area contributed by atoms with E-state index in [0.29, 0.717) is 5.56 Å². The molecule has 0 spiro atoms. The van der Waals surface area contributed by atoms with Gasteiger partial charge in [0.2, 0.25) is 13.3 Å². The average molecular weight is 300 g/mol. The van der Waals surface area contributed by atoms with E-state index in [9.17, 15) is 19.0 Å². The van der Waals surface area contributed by atoms with Gasteiger partial charge in [-0.05, 0) is 5.56 Å². The van der Waals surface area contributed by atoms with E-state index < -0.39 is 37.6 Å². The van der Waals surface area contributed by atoms with E-state index >= 15 is 0 Å². The van der Waals surface area contributed by atoms with Crippen LogP contribution in [0.4, 0.5) is 0 Å². The molecule has 2 unspecified atom stereocenters. The van der Waals surface area contributed by atoms with E-state index in [-0.39, 0.29) is 6.54 Å². The van der Waals surface area contributed by atoms with Gasteiger partial charge in [0, 0.05) is 6.16 Å². The number of hydrogen-bond acceptors (Lipinski definition) is 4. The highest BCUT2D eigenvalue weighted by atomic mass is 31.2. The second kappa shape index (κ2) is 7.19. The smallest absolute Gasteiger partial charge is 0.303 e. The molecule has 7 nitrogen and oxygen atoms in total. The molecule has 0 aliphatic carbocycles. The minimum Gasteiger partial charge on any atom is -0.481 e. The van der Waals surface area contributed by atoms with Gasteiger partial charge >= 0.3 is 5.97 Å². The highest BCUT2D eigenvalue weighted by Gasteiger charge is 2.33. The van der Waals surface area contributed by atoms with Crippen molar-refractivity contribution in [1.29, 1.82) is 0 Å². The average Bonchev–Trinajstić information content (AvgIpc) is 2.43. The van der Waals surface area contributed by atoms with Crippen molar-refractivity contribution in [3.63, 3.8) is 0 Å². The summed E-state index contributed by atoms with van der Waals surface area (Å²) in [5.41, 5.74) is 5.62. The quantitative estimate of drug-likeness (QED) is 0.543. The number of aliphatic carboxylic acids is 1. The number of benzene rings is 1. The molecule has 1 aromatic rings. The third-order valence-electron chi connectivity index (χ3n) is 2.65. The lowest BCUT2D eigenvalue weighted by molar-refractivity contribution is -0.136. The molecule has 0 saturated carbocycles. The number of nitrogens with one attached hydrogen (secondary N) is 1. The Balaban J connectivity index is 3.00. The molecule has 0 aliphatic heterocycles. The number of carboxylic acids is 1. The second-order valence-corrected chi connectivity index (χ2v) is 6.68. The predicted molar refractivity (Wildman–Crippen MR) is 73.3 cm³/mol. The fourth-order valence-corrected chi connectivity index (χ4v) is 3.40. The minimum atomic E-state index is -3.91. The largest absolute Gasteiger partial charge is 0.481 e. The Kier molecular flexibility index (Phi) is 5.88. The van der Waals surface area contributed by atoms with E-state index in [1.165, 1.54) is 0 Å². The first kappa shape index (κ1) is 16.4. The van der Waals surface area contributed by atoms with Crippen LogP contribution in [-0.4, -0.2) is 34.6 Å². The summed E-state index contributed by atoms with van der Waals surface area (Å²) in [5, 5.41) is 11.0. The molecule has 0 fully saturated rings. The predicted octanol–water partition coefficient (Wildman–Crippen LogP) is 0.505. The first-order valence-electron chi connectivity index (χ1n) is 5.94. The maximum absolute atomic E-state index is 12.3. The summed E-state index contributed by atoms with van der Waals surface area (Å²) in [6, 6.07) is 8.23. The fourth-order valence-electron chi connectivity index (χ4n) is 1.65. The van der Waals surface area contributed by atoms with Crippen molar-refractivity contribution in [3.05, 3.63) is 35.9 Å². The Morgan fingerprint density at radius 2 is 1.90 bits per heavy atom. The van der Waals surface area contributed by atoms with Crippen LogP contribution in [-0.2, 0) is 14.2 Å². The Labute approximate surface area is 116 Å². The molecular weight excluding hydrogens is 283 g/mol. The van der Waals surface area contributed by atoms with Crippen molar-refractivity contribution >= 4 is 19.2 Å². The molecule has 8 heteroatoms. The van der Waals surface area contributed by atoms with Crippen LogP contribution in [0.15, 0.2) is 30.3 Å². The van der Waals surface area contributed by atoms with Gasteiger partial charge in [0.05, 0.1) is 13.0 Å². The zero-order chi connectivity index (χ0) is 15.2. The summed E-state index contributed by atoms with van der Waals surface area (Å²) in [7, 11) is -3.91. The van der Waals surface area contributed by atoms with Crippen LogP contribution in [0.1, 0.15) is 17.8 Å². The molecule has 1 aromatic carbocycles. The molecule has 1 amide bonds. The first-order chi connectivity index (χ1) is 9.36. The number of rotatable bonds is 7. The number of hydrogen-bond donors (Lipinski definition) is 4. The fraction of sp³-hybridized carbons (Fsp3) is 0.333. The van der Waals surface area contributed by atoms with E-state index in [2.05, 4.69) is 5.32 Å². The van der Waals surface area contributed by atoms with Gasteiger partial charge in [-0.3, -0.25) is 14.2 Å².